The third-order valence-corrected chi connectivity index (χ3v) is 6.69. The number of nitrogens with one attached hydrogen (secondary N) is 1. The van der Waals surface area contributed by atoms with Crippen LogP contribution in [0.5, 0.6) is 0 Å². The molecule has 2 aliphatic rings. The summed E-state index contributed by atoms with van der Waals surface area (Å²) >= 11 is 0. The van der Waals surface area contributed by atoms with Gasteiger partial charge in [-0.15, -0.1) is 10.2 Å². The Hall–Kier alpha value is -2.21. The van der Waals surface area contributed by atoms with Crippen molar-refractivity contribution in [2.24, 2.45) is 5.92 Å². The second-order valence-electron chi connectivity index (χ2n) is 8.63. The van der Waals surface area contributed by atoms with Crippen LogP contribution < -0.4 is 5.32 Å². The number of amides is 1. The summed E-state index contributed by atoms with van der Waals surface area (Å²) in [5, 5.41) is 11.8. The molecule has 6 heteroatoms. The average Bonchev–Trinajstić information content (AvgIpc) is 3.03. The zero-order valence-electron chi connectivity index (χ0n) is 17.7. The molecule has 1 saturated carbocycles. The van der Waals surface area contributed by atoms with E-state index in [2.05, 4.69) is 49.2 Å². The van der Waals surface area contributed by atoms with E-state index in [4.69, 9.17) is 0 Å². The number of hydrogen-bond donors (Lipinski definition) is 1. The summed E-state index contributed by atoms with van der Waals surface area (Å²) in [6, 6.07) is 11.0. The van der Waals surface area contributed by atoms with Crippen molar-refractivity contribution in [1.29, 1.82) is 0 Å². The van der Waals surface area contributed by atoms with E-state index in [-0.39, 0.29) is 17.9 Å². The van der Waals surface area contributed by atoms with Gasteiger partial charge in [0.1, 0.15) is 11.6 Å². The summed E-state index contributed by atoms with van der Waals surface area (Å²) in [7, 11) is 0. The Bertz CT molecular complexity index is 786. The van der Waals surface area contributed by atoms with Gasteiger partial charge in [-0.05, 0) is 51.5 Å². The lowest BCUT2D eigenvalue weighted by Gasteiger charge is -2.34. The van der Waals surface area contributed by atoms with Crippen molar-refractivity contribution >= 4 is 5.91 Å². The third kappa shape index (κ3) is 4.69. The van der Waals surface area contributed by atoms with E-state index in [1.165, 1.54) is 12.0 Å². The number of nitrogens with zero attached hydrogens (tertiary/aromatic N) is 4. The molecule has 1 aromatic carbocycles. The summed E-state index contributed by atoms with van der Waals surface area (Å²) in [6.07, 6.45) is 6.49. The highest BCUT2D eigenvalue weighted by Gasteiger charge is 2.28. The van der Waals surface area contributed by atoms with Crippen molar-refractivity contribution in [2.75, 3.05) is 19.6 Å². The molecule has 156 valence electrons. The largest absolute Gasteiger partial charge is 0.349 e. The molecule has 6 nitrogen and oxygen atoms in total. The fourth-order valence-corrected chi connectivity index (χ4v) is 4.68. The van der Waals surface area contributed by atoms with E-state index in [0.29, 0.717) is 6.04 Å². The van der Waals surface area contributed by atoms with Crippen molar-refractivity contribution < 1.29 is 4.79 Å². The number of hydrogen-bond acceptors (Lipinski definition) is 4. The summed E-state index contributed by atoms with van der Waals surface area (Å²) in [5.41, 5.74) is 1.21. The van der Waals surface area contributed by atoms with Crippen LogP contribution >= 0.6 is 0 Å². The second-order valence-corrected chi connectivity index (χ2v) is 8.63. The first-order chi connectivity index (χ1) is 14.1. The molecule has 0 bridgehead atoms. The topological polar surface area (TPSA) is 63.1 Å². The molecule has 1 amide bonds. The van der Waals surface area contributed by atoms with Crippen molar-refractivity contribution in [3.05, 3.63) is 47.5 Å². The molecule has 0 unspecified atom stereocenters. The Labute approximate surface area is 173 Å². The molecule has 1 atom stereocenters. The van der Waals surface area contributed by atoms with Gasteiger partial charge in [-0.1, -0.05) is 36.8 Å². The lowest BCUT2D eigenvalue weighted by Crippen LogP contribution is -2.40. The van der Waals surface area contributed by atoms with Gasteiger partial charge < -0.3 is 14.8 Å². The lowest BCUT2D eigenvalue weighted by molar-refractivity contribution is -0.128. The lowest BCUT2D eigenvalue weighted by atomic mass is 9.84. The predicted octanol–water partition coefficient (Wildman–Crippen LogP) is 3.58. The predicted molar refractivity (Wildman–Crippen MR) is 113 cm³/mol. The Morgan fingerprint density at radius 2 is 1.72 bits per heavy atom. The quantitative estimate of drug-likeness (QED) is 0.778. The zero-order valence-corrected chi connectivity index (χ0v) is 17.7. The van der Waals surface area contributed by atoms with E-state index in [0.717, 1.165) is 63.4 Å². The highest BCUT2D eigenvalue weighted by atomic mass is 16.2. The van der Waals surface area contributed by atoms with Crippen molar-refractivity contribution in [2.45, 2.75) is 64.5 Å². The maximum absolute atomic E-state index is 12.6. The Morgan fingerprint density at radius 3 is 2.31 bits per heavy atom. The fourth-order valence-electron chi connectivity index (χ4n) is 4.68. The van der Waals surface area contributed by atoms with Gasteiger partial charge in [0.15, 0.2) is 0 Å². The Morgan fingerprint density at radius 1 is 1.07 bits per heavy atom. The Kier molecular flexibility index (Phi) is 6.28. The second kappa shape index (κ2) is 9.08. The van der Waals surface area contributed by atoms with E-state index >= 15 is 0 Å². The minimum absolute atomic E-state index is 0.101. The number of aryl methyl sites for hydroxylation is 2. The molecule has 1 aromatic heterocycles. The van der Waals surface area contributed by atoms with Crippen molar-refractivity contribution in [3.63, 3.8) is 0 Å². The summed E-state index contributed by atoms with van der Waals surface area (Å²) in [6.45, 7) is 7.26. The summed E-state index contributed by atoms with van der Waals surface area (Å²) < 4.78 is 2.29. The van der Waals surface area contributed by atoms with Gasteiger partial charge in [0.05, 0.1) is 6.04 Å². The number of carbonyl (C=O) groups is 1. The van der Waals surface area contributed by atoms with Crippen LogP contribution in [0.4, 0.5) is 0 Å². The van der Waals surface area contributed by atoms with Crippen LogP contribution in [0.3, 0.4) is 0 Å². The maximum atomic E-state index is 12.6. The monoisotopic (exact) mass is 395 g/mol. The van der Waals surface area contributed by atoms with Gasteiger partial charge in [0, 0.05) is 31.6 Å². The smallest absolute Gasteiger partial charge is 0.223 e. The highest BCUT2D eigenvalue weighted by Crippen LogP contribution is 2.29. The van der Waals surface area contributed by atoms with E-state index in [9.17, 15) is 4.79 Å². The van der Waals surface area contributed by atoms with Crippen LogP contribution in [0.2, 0.25) is 0 Å². The number of benzene rings is 1. The third-order valence-electron chi connectivity index (χ3n) is 6.69. The minimum Gasteiger partial charge on any atom is -0.349 e. The van der Waals surface area contributed by atoms with Gasteiger partial charge in [0.25, 0.3) is 0 Å². The highest BCUT2D eigenvalue weighted by molar-refractivity contribution is 5.79. The van der Waals surface area contributed by atoms with E-state index in [1.54, 1.807) is 0 Å². The maximum Gasteiger partial charge on any atom is 0.223 e. The zero-order chi connectivity index (χ0) is 20.2. The van der Waals surface area contributed by atoms with Gasteiger partial charge in [0.2, 0.25) is 5.91 Å². The van der Waals surface area contributed by atoms with Gasteiger partial charge in [-0.3, -0.25) is 4.79 Å². The molecular formula is C23H33N5O. The molecule has 1 aliphatic heterocycles. The molecule has 1 saturated heterocycles. The first-order valence-electron chi connectivity index (χ1n) is 11.1. The molecule has 2 fully saturated rings. The van der Waals surface area contributed by atoms with Crippen LogP contribution in [0.15, 0.2) is 30.3 Å². The summed E-state index contributed by atoms with van der Waals surface area (Å²) in [5.74, 6) is 2.50. The molecule has 29 heavy (non-hydrogen) atoms. The fraction of sp³-hybridized carbons (Fsp3) is 0.609. The molecule has 2 aromatic rings. The SMILES string of the molecule is Cc1nnc(C)n1C1CCN(CC[C@H](NC(=O)C2CCC2)c2ccccc2)CC1. The average molecular weight is 396 g/mol. The molecule has 0 spiro atoms. The molecule has 1 aliphatic carbocycles. The molecule has 0 radical (unpaired) electrons. The van der Waals surface area contributed by atoms with Gasteiger partial charge >= 0.3 is 0 Å². The molecule has 2 heterocycles. The van der Waals surface area contributed by atoms with Crippen LogP contribution in [0, 0.1) is 19.8 Å². The van der Waals surface area contributed by atoms with Crippen molar-refractivity contribution in [1.82, 2.24) is 25.0 Å². The number of carbonyl (C=O) groups excluding carboxylic acids is 1. The molecular weight excluding hydrogens is 362 g/mol. The van der Waals surface area contributed by atoms with Gasteiger partial charge in [-0.25, -0.2) is 0 Å². The standard InChI is InChI=1S/C23H33N5O/c1-17-25-26-18(2)28(17)21-11-14-27(15-12-21)16-13-22(19-7-4-3-5-8-19)24-23(29)20-9-6-10-20/h3-5,7-8,20-22H,6,9-16H2,1-2H3,(H,24,29)/t22-/m0/s1. The number of likely N-dealkylation sites (tertiary alicyclic amines) is 1. The number of piperidine rings is 1. The summed E-state index contributed by atoms with van der Waals surface area (Å²) in [4.78, 5) is 15.1. The van der Waals surface area contributed by atoms with E-state index < -0.39 is 0 Å². The number of rotatable bonds is 7. The minimum atomic E-state index is 0.101. The van der Waals surface area contributed by atoms with Crippen molar-refractivity contribution in [3.8, 4) is 0 Å². The van der Waals surface area contributed by atoms with Crippen LogP contribution in [0.25, 0.3) is 0 Å². The van der Waals surface area contributed by atoms with Crippen LogP contribution in [-0.4, -0.2) is 45.2 Å². The van der Waals surface area contributed by atoms with Crippen LogP contribution in [0.1, 0.15) is 67.8 Å². The first kappa shape index (κ1) is 20.1. The molecule has 4 rings (SSSR count). The molecule has 1 N–H and O–H groups in total. The van der Waals surface area contributed by atoms with Crippen LogP contribution in [-0.2, 0) is 4.79 Å². The normalized spacial score (nSPS) is 19.7. The van der Waals surface area contributed by atoms with E-state index in [1.807, 2.05) is 19.9 Å². The van der Waals surface area contributed by atoms with Gasteiger partial charge in [-0.2, -0.15) is 0 Å². The first-order valence-corrected chi connectivity index (χ1v) is 11.1. The number of aromatic nitrogens is 3. The Balaban J connectivity index is 1.32.